The maximum atomic E-state index is 13.2. The molecule has 8 N–H and O–H groups in total. The third-order valence-electron chi connectivity index (χ3n) is 7.76. The maximum absolute atomic E-state index is 13.2. The number of anilines is 1. The van der Waals surface area contributed by atoms with Gasteiger partial charge < -0.3 is 44.7 Å². The van der Waals surface area contributed by atoms with Gasteiger partial charge in [-0.05, 0) is 12.1 Å². The second-order valence-electron chi connectivity index (χ2n) is 10.5. The van der Waals surface area contributed by atoms with Gasteiger partial charge in [0.1, 0.15) is 66.2 Å². The second kappa shape index (κ2) is 11.0. The first-order chi connectivity index (χ1) is 21.3. The summed E-state index contributed by atoms with van der Waals surface area (Å²) in [5, 5.41) is 32.6. The number of aliphatic imine (C=N–C) groups is 1. The molecule has 2 aromatic heterocycles. The number of carbonyl (C=O) groups excluding carboxylic acids is 1. The number of aliphatic hydroxyl groups is 2. The predicted molar refractivity (Wildman–Crippen MR) is 146 cm³/mol. The van der Waals surface area contributed by atoms with Gasteiger partial charge in [-0.25, -0.2) is 19.1 Å². The summed E-state index contributed by atoms with van der Waals surface area (Å²) >= 11 is 0. The van der Waals surface area contributed by atoms with Crippen LogP contribution in [0, 0.1) is 11.3 Å². The highest BCUT2D eigenvalue weighted by Crippen LogP contribution is 2.53. The minimum atomic E-state index is -5.09. The highest BCUT2D eigenvalue weighted by molar-refractivity contribution is 7.47. The Hall–Kier alpha value is -3.17. The van der Waals surface area contributed by atoms with Gasteiger partial charge in [0.15, 0.2) is 12.5 Å². The summed E-state index contributed by atoms with van der Waals surface area (Å²) in [6.07, 6.45) is -6.89. The number of nitrogen functional groups attached to an aromatic ring is 1. The molecule has 0 aliphatic carbocycles. The number of guanidine groups is 1. The third kappa shape index (κ3) is 5.39. The molecule has 23 heteroatoms. The lowest BCUT2D eigenvalue weighted by molar-refractivity contribution is -0.121. The first-order valence-corrected chi connectivity index (χ1v) is 16.3. The monoisotopic (exact) mass is 672 g/mol. The molecule has 0 aromatic carbocycles. The van der Waals surface area contributed by atoms with Crippen LogP contribution in [0.15, 0.2) is 35.9 Å². The van der Waals surface area contributed by atoms with E-state index in [1.54, 1.807) is 6.07 Å². The van der Waals surface area contributed by atoms with Crippen molar-refractivity contribution in [2.75, 3.05) is 18.9 Å². The summed E-state index contributed by atoms with van der Waals surface area (Å²) < 4.78 is 60.3. The number of ether oxygens (including phenoxy) is 2. The molecule has 11 atom stereocenters. The van der Waals surface area contributed by atoms with E-state index in [1.807, 2.05) is 0 Å². The standard InChI is InChI=1S/C22H26N8O13P2/c23-16-8-1-3-29(17(8)26-7-25-16)20-13(32)14-11(41-20)6-39-45(36,37)43-15-12(31)10(5-38-44(34,35)42-14)40-21(15)30-4-2-9-18(30)27-22(24)28-19(9)33/h1-4,7,9-15,20-21,31-32H,5-6H2,(H,34,35)(H,36,37)(H2,23,25,26)(H2,24,28,33)/t9?,10-,11-,12-,13-,14-,15-,20-,21-/m1/s1. The molecule has 242 valence electrons. The number of phosphoric acid groups is 2. The van der Waals surface area contributed by atoms with Gasteiger partial charge in [0, 0.05) is 12.4 Å². The summed E-state index contributed by atoms with van der Waals surface area (Å²) in [6, 6.07) is 1.56. The highest BCUT2D eigenvalue weighted by atomic mass is 31.2. The van der Waals surface area contributed by atoms with Gasteiger partial charge in [0.25, 0.3) is 0 Å². The smallest absolute Gasteiger partial charge is 0.387 e. The summed E-state index contributed by atoms with van der Waals surface area (Å²) in [4.78, 5) is 46.9. The van der Waals surface area contributed by atoms with E-state index in [9.17, 15) is 33.9 Å². The summed E-state index contributed by atoms with van der Waals surface area (Å²) in [5.41, 5.74) is 6.15. The zero-order chi connectivity index (χ0) is 31.8. The van der Waals surface area contributed by atoms with E-state index in [0.29, 0.717) is 5.39 Å². The van der Waals surface area contributed by atoms with Crippen molar-refractivity contribution in [3.63, 3.8) is 0 Å². The highest BCUT2D eigenvalue weighted by Gasteiger charge is 2.55. The van der Waals surface area contributed by atoms with Crippen LogP contribution in [0.2, 0.25) is 0 Å². The Bertz CT molecular complexity index is 1720. The van der Waals surface area contributed by atoms with Crippen molar-refractivity contribution in [1.29, 1.82) is 5.41 Å². The van der Waals surface area contributed by atoms with Crippen molar-refractivity contribution < 1.29 is 61.5 Å². The maximum Gasteiger partial charge on any atom is 0.472 e. The zero-order valence-corrected chi connectivity index (χ0v) is 24.5. The fourth-order valence-electron chi connectivity index (χ4n) is 5.69. The Morgan fingerprint density at radius 3 is 2.44 bits per heavy atom. The lowest BCUT2D eigenvalue weighted by atomic mass is 10.1. The Balaban J connectivity index is 1.17. The summed E-state index contributed by atoms with van der Waals surface area (Å²) in [7, 11) is -10.1. The van der Waals surface area contributed by atoms with Crippen LogP contribution >= 0.6 is 15.6 Å². The normalized spacial score (nSPS) is 42.0. The Morgan fingerprint density at radius 2 is 1.69 bits per heavy atom. The molecule has 0 radical (unpaired) electrons. The van der Waals surface area contributed by atoms with E-state index < -0.39 is 95.7 Å². The topological polar surface area (TPSA) is 296 Å². The number of carbonyl (C=O) groups is 1. The van der Waals surface area contributed by atoms with Crippen molar-refractivity contribution >= 4 is 50.2 Å². The number of phosphoric ester groups is 2. The lowest BCUT2D eigenvalue weighted by Crippen LogP contribution is -2.50. The third-order valence-corrected chi connectivity index (χ3v) is 9.73. The van der Waals surface area contributed by atoms with Crippen molar-refractivity contribution in [3.05, 3.63) is 30.9 Å². The van der Waals surface area contributed by atoms with Gasteiger partial charge in [-0.3, -0.25) is 33.6 Å². The quantitative estimate of drug-likeness (QED) is 0.175. The largest absolute Gasteiger partial charge is 0.472 e. The number of amides is 1. The average molecular weight is 672 g/mol. The molecule has 3 unspecified atom stereocenters. The molecule has 5 aliphatic rings. The van der Waals surface area contributed by atoms with Crippen LogP contribution in [-0.4, -0.2) is 113 Å². The van der Waals surface area contributed by atoms with Crippen LogP contribution in [0.5, 0.6) is 0 Å². The van der Waals surface area contributed by atoms with E-state index >= 15 is 0 Å². The van der Waals surface area contributed by atoms with Crippen molar-refractivity contribution in [2.45, 2.75) is 49.1 Å². The predicted octanol–water partition coefficient (Wildman–Crippen LogP) is -1.72. The van der Waals surface area contributed by atoms with Crippen molar-refractivity contribution in [2.24, 2.45) is 10.9 Å². The fraction of sp³-hybridized carbons (Fsp3) is 0.500. The molecule has 2 aromatic rings. The molecular formula is C22H26N8O13P2. The van der Waals surface area contributed by atoms with Crippen LogP contribution in [0.1, 0.15) is 6.23 Å². The molecule has 21 nitrogen and oxygen atoms in total. The molecule has 0 saturated carbocycles. The van der Waals surface area contributed by atoms with E-state index in [0.717, 1.165) is 0 Å². The number of hydrogen-bond donors (Lipinski definition) is 7. The molecule has 2 bridgehead atoms. The van der Waals surface area contributed by atoms with E-state index in [2.05, 4.69) is 20.3 Å². The van der Waals surface area contributed by atoms with Crippen molar-refractivity contribution in [3.8, 4) is 0 Å². The molecule has 1 amide bonds. The number of nitrogens with zero attached hydrogens (tertiary/aromatic N) is 5. The molecule has 3 saturated heterocycles. The van der Waals surface area contributed by atoms with Gasteiger partial charge in [0.2, 0.25) is 11.9 Å². The Labute approximate surface area is 251 Å². The molecule has 5 aliphatic heterocycles. The first kappa shape index (κ1) is 30.5. The van der Waals surface area contributed by atoms with Gasteiger partial charge in [-0.1, -0.05) is 0 Å². The lowest BCUT2D eigenvalue weighted by Gasteiger charge is -2.32. The number of amidine groups is 1. The Kier molecular flexibility index (Phi) is 7.43. The SMILES string of the molecule is N=C1N=C2C(C=CN2[C@@H]2O[C@@H]3COP(=O)(O)O[C@H]4[C@@H](O)[C@H](n5ccc6c(N)ncnc65)O[C@@H]4COP(=O)(O)O[C@@H]2[C@@H]3O)C(=O)N1. The minimum absolute atomic E-state index is 0.00822. The number of hydrogen-bond acceptors (Lipinski definition) is 16. The summed E-state index contributed by atoms with van der Waals surface area (Å²) in [5.74, 6) is -1.81. The van der Waals surface area contributed by atoms with E-state index in [4.69, 9.17) is 38.7 Å². The van der Waals surface area contributed by atoms with Crippen LogP contribution < -0.4 is 11.1 Å². The van der Waals surface area contributed by atoms with Crippen LogP contribution in [0.25, 0.3) is 11.0 Å². The van der Waals surface area contributed by atoms with Crippen molar-refractivity contribution in [1.82, 2.24) is 24.8 Å². The minimum Gasteiger partial charge on any atom is -0.387 e. The molecule has 45 heavy (non-hydrogen) atoms. The molecule has 3 fully saturated rings. The van der Waals surface area contributed by atoms with Crippen LogP contribution in [-0.2, 0) is 41.5 Å². The molecule has 7 rings (SSSR count). The van der Waals surface area contributed by atoms with E-state index in [1.165, 1.54) is 34.3 Å². The number of rotatable bonds is 2. The number of nitrogens with two attached hydrogens (primary N) is 1. The fourth-order valence-corrected chi connectivity index (χ4v) is 7.59. The summed E-state index contributed by atoms with van der Waals surface area (Å²) in [6.45, 7) is -1.60. The van der Waals surface area contributed by atoms with Gasteiger partial charge in [0.05, 0.1) is 18.6 Å². The van der Waals surface area contributed by atoms with E-state index in [-0.39, 0.29) is 17.3 Å². The molecule has 7 heterocycles. The number of aliphatic hydroxyl groups excluding tert-OH is 2. The van der Waals surface area contributed by atoms with Gasteiger partial charge >= 0.3 is 15.6 Å². The number of fused-ring (bicyclic) bond motifs is 5. The molecule has 0 spiro atoms. The van der Waals surface area contributed by atoms with Gasteiger partial charge in [-0.15, -0.1) is 0 Å². The average Bonchev–Trinajstić information content (AvgIpc) is 3.72. The zero-order valence-electron chi connectivity index (χ0n) is 22.7. The molecular weight excluding hydrogens is 646 g/mol. The van der Waals surface area contributed by atoms with Gasteiger partial charge in [-0.2, -0.15) is 4.99 Å². The first-order valence-electron chi connectivity index (χ1n) is 13.3. The van der Waals surface area contributed by atoms with Crippen LogP contribution in [0.4, 0.5) is 5.82 Å². The number of aromatic nitrogens is 3. The number of nitrogens with one attached hydrogen (secondary N) is 2. The Morgan fingerprint density at radius 1 is 1.00 bits per heavy atom. The van der Waals surface area contributed by atoms with Crippen LogP contribution in [0.3, 0.4) is 0 Å². The second-order valence-corrected chi connectivity index (χ2v) is 13.3.